The topological polar surface area (TPSA) is 85.6 Å². The summed E-state index contributed by atoms with van der Waals surface area (Å²) in [6.07, 6.45) is 4.68. The quantitative estimate of drug-likeness (QED) is 0.685. The third kappa shape index (κ3) is 4.39. The third-order valence-corrected chi connectivity index (χ3v) is 4.53. The Labute approximate surface area is 166 Å². The van der Waals surface area contributed by atoms with Crippen LogP contribution in [0.2, 0.25) is 0 Å². The van der Waals surface area contributed by atoms with Gasteiger partial charge in [-0.1, -0.05) is 36.7 Å². The van der Waals surface area contributed by atoms with Gasteiger partial charge in [0, 0.05) is 22.4 Å². The van der Waals surface area contributed by atoms with E-state index in [-0.39, 0.29) is 17.4 Å². The second-order valence-electron chi connectivity index (χ2n) is 7.25. The molecule has 1 amide bonds. The molecule has 7 nitrogen and oxygen atoms in total. The minimum atomic E-state index is -0.374. The largest absolute Gasteiger partial charge is 0.342 e. The molecule has 0 bridgehead atoms. The van der Waals surface area contributed by atoms with Gasteiger partial charge < -0.3 is 5.32 Å². The smallest absolute Gasteiger partial charge is 0.252 e. The molecule has 0 unspecified atom stereocenters. The van der Waals surface area contributed by atoms with Gasteiger partial charge in [-0.05, 0) is 42.2 Å². The van der Waals surface area contributed by atoms with Crippen molar-refractivity contribution in [2.45, 2.75) is 39.2 Å². The Balaban J connectivity index is 1.84. The normalized spacial score (nSPS) is 12.6. The number of hydrogen-bond donors (Lipinski definition) is 1. The van der Waals surface area contributed by atoms with Gasteiger partial charge in [0.2, 0.25) is 0 Å². The molecule has 3 aromatic rings. The summed E-state index contributed by atoms with van der Waals surface area (Å²) in [5.41, 5.74) is 1.61. The number of nitrogens with zero attached hydrogens (tertiary/aromatic N) is 5. The Morgan fingerprint density at radius 1 is 1.15 bits per heavy atom. The second kappa shape index (κ2) is 7.56. The molecule has 3 rings (SSSR count). The van der Waals surface area contributed by atoms with Crippen molar-refractivity contribution in [3.8, 4) is 5.95 Å². The van der Waals surface area contributed by atoms with E-state index in [9.17, 15) is 4.79 Å². The molecule has 0 aliphatic rings. The van der Waals surface area contributed by atoms with Crippen LogP contribution in [0.15, 0.2) is 47.5 Å². The Hall–Kier alpha value is -2.61. The molecule has 0 radical (unpaired) electrons. The van der Waals surface area contributed by atoms with Crippen LogP contribution in [0, 0.1) is 0 Å². The van der Waals surface area contributed by atoms with Crippen molar-refractivity contribution in [1.29, 1.82) is 0 Å². The molecular formula is C19H21BrN6O. The SMILES string of the molecule is C[C@@H](NC(=O)c1cc(Br)cc(C(C)(C)C)c1)c1ncnn1-c1ncccn1. The fourth-order valence-electron chi connectivity index (χ4n) is 2.60. The van der Waals surface area contributed by atoms with Gasteiger partial charge in [-0.2, -0.15) is 9.78 Å². The molecule has 27 heavy (non-hydrogen) atoms. The molecule has 1 aromatic carbocycles. The lowest BCUT2D eigenvalue weighted by Gasteiger charge is -2.21. The summed E-state index contributed by atoms with van der Waals surface area (Å²) in [5.74, 6) is 0.780. The maximum atomic E-state index is 12.8. The van der Waals surface area contributed by atoms with Crippen LogP contribution in [0.3, 0.4) is 0 Å². The van der Waals surface area contributed by atoms with Crippen LogP contribution in [-0.4, -0.2) is 30.6 Å². The molecule has 8 heteroatoms. The first-order valence-electron chi connectivity index (χ1n) is 8.55. The number of nitrogens with one attached hydrogen (secondary N) is 1. The number of hydrogen-bond acceptors (Lipinski definition) is 5. The van der Waals surface area contributed by atoms with Crippen LogP contribution >= 0.6 is 15.9 Å². The molecular weight excluding hydrogens is 408 g/mol. The van der Waals surface area contributed by atoms with E-state index in [2.05, 4.69) is 62.1 Å². The Morgan fingerprint density at radius 2 is 1.85 bits per heavy atom. The summed E-state index contributed by atoms with van der Waals surface area (Å²) in [6.45, 7) is 8.19. The highest BCUT2D eigenvalue weighted by molar-refractivity contribution is 9.10. The first kappa shape index (κ1) is 19.2. The lowest BCUT2D eigenvalue weighted by atomic mass is 9.86. The first-order chi connectivity index (χ1) is 12.8. The monoisotopic (exact) mass is 428 g/mol. The zero-order valence-corrected chi connectivity index (χ0v) is 17.2. The van der Waals surface area contributed by atoms with Gasteiger partial charge >= 0.3 is 0 Å². The van der Waals surface area contributed by atoms with Gasteiger partial charge in [-0.15, -0.1) is 0 Å². The molecule has 0 fully saturated rings. The minimum absolute atomic E-state index is 0.0603. The molecule has 1 N–H and O–H groups in total. The van der Waals surface area contributed by atoms with Gasteiger partial charge in [0.05, 0.1) is 6.04 Å². The average molecular weight is 429 g/mol. The van der Waals surface area contributed by atoms with Crippen LogP contribution in [0.5, 0.6) is 0 Å². The number of aromatic nitrogens is 5. The molecule has 0 aliphatic carbocycles. The van der Waals surface area contributed by atoms with Crippen molar-refractivity contribution in [2.24, 2.45) is 0 Å². The van der Waals surface area contributed by atoms with E-state index < -0.39 is 0 Å². The van der Waals surface area contributed by atoms with Gasteiger partial charge in [-0.25, -0.2) is 15.0 Å². The number of carbonyl (C=O) groups excluding carboxylic acids is 1. The maximum Gasteiger partial charge on any atom is 0.252 e. The lowest BCUT2D eigenvalue weighted by molar-refractivity contribution is 0.0937. The van der Waals surface area contributed by atoms with Crippen molar-refractivity contribution < 1.29 is 4.79 Å². The Kier molecular flexibility index (Phi) is 5.36. The summed E-state index contributed by atoms with van der Waals surface area (Å²) in [4.78, 5) is 25.4. The molecule has 1 atom stereocenters. The fourth-order valence-corrected chi connectivity index (χ4v) is 3.09. The zero-order valence-electron chi connectivity index (χ0n) is 15.6. The summed E-state index contributed by atoms with van der Waals surface area (Å²) in [7, 11) is 0. The van der Waals surface area contributed by atoms with E-state index in [4.69, 9.17) is 0 Å². The summed E-state index contributed by atoms with van der Waals surface area (Å²) in [5, 5.41) is 7.15. The highest BCUT2D eigenvalue weighted by Crippen LogP contribution is 2.27. The van der Waals surface area contributed by atoms with E-state index >= 15 is 0 Å². The van der Waals surface area contributed by atoms with Crippen molar-refractivity contribution in [3.63, 3.8) is 0 Å². The molecule has 0 aliphatic heterocycles. The van der Waals surface area contributed by atoms with Crippen molar-refractivity contribution in [2.75, 3.05) is 0 Å². The Bertz CT molecular complexity index is 948. The van der Waals surface area contributed by atoms with Crippen molar-refractivity contribution >= 4 is 21.8 Å². The minimum Gasteiger partial charge on any atom is -0.342 e. The molecule has 0 saturated heterocycles. The molecule has 0 spiro atoms. The highest BCUT2D eigenvalue weighted by Gasteiger charge is 2.21. The van der Waals surface area contributed by atoms with Crippen molar-refractivity contribution in [1.82, 2.24) is 30.0 Å². The predicted octanol–water partition coefficient (Wildman–Crippen LogP) is 3.61. The summed E-state index contributed by atoms with van der Waals surface area (Å²) >= 11 is 3.50. The van der Waals surface area contributed by atoms with Crippen LogP contribution in [0.25, 0.3) is 5.95 Å². The van der Waals surface area contributed by atoms with E-state index in [0.29, 0.717) is 17.3 Å². The van der Waals surface area contributed by atoms with E-state index in [1.807, 2.05) is 25.1 Å². The average Bonchev–Trinajstić information content (AvgIpc) is 3.11. The number of benzene rings is 1. The third-order valence-electron chi connectivity index (χ3n) is 4.08. The number of rotatable bonds is 4. The fraction of sp³-hybridized carbons (Fsp3) is 0.316. The Morgan fingerprint density at radius 3 is 2.52 bits per heavy atom. The van der Waals surface area contributed by atoms with Gasteiger partial charge in [-0.3, -0.25) is 4.79 Å². The van der Waals surface area contributed by atoms with E-state index in [1.54, 1.807) is 18.5 Å². The number of amides is 1. The molecule has 140 valence electrons. The van der Waals surface area contributed by atoms with Crippen LogP contribution in [0.4, 0.5) is 0 Å². The van der Waals surface area contributed by atoms with Crippen LogP contribution < -0.4 is 5.32 Å². The highest BCUT2D eigenvalue weighted by atomic mass is 79.9. The standard InChI is InChI=1S/C19H21BrN6O/c1-12(16-23-11-24-26(16)18-21-6-5-7-22-18)25-17(27)13-8-14(19(2,3)4)10-15(20)9-13/h5-12H,1-4H3,(H,25,27)/t12-/m1/s1. The van der Waals surface area contributed by atoms with Crippen LogP contribution in [-0.2, 0) is 5.41 Å². The van der Waals surface area contributed by atoms with Crippen LogP contribution in [0.1, 0.15) is 55.5 Å². The lowest BCUT2D eigenvalue weighted by Crippen LogP contribution is -2.29. The predicted molar refractivity (Wildman–Crippen MR) is 106 cm³/mol. The number of carbonyl (C=O) groups is 1. The zero-order chi connectivity index (χ0) is 19.6. The van der Waals surface area contributed by atoms with Gasteiger partial charge in [0.25, 0.3) is 11.9 Å². The first-order valence-corrected chi connectivity index (χ1v) is 9.34. The van der Waals surface area contributed by atoms with Crippen molar-refractivity contribution in [3.05, 3.63) is 64.4 Å². The summed E-state index contributed by atoms with van der Waals surface area (Å²) < 4.78 is 2.39. The summed E-state index contributed by atoms with van der Waals surface area (Å²) in [6, 6.07) is 7.11. The molecule has 2 aromatic heterocycles. The van der Waals surface area contributed by atoms with E-state index in [1.165, 1.54) is 11.0 Å². The second-order valence-corrected chi connectivity index (χ2v) is 8.17. The molecule has 0 saturated carbocycles. The van der Waals surface area contributed by atoms with E-state index in [0.717, 1.165) is 10.0 Å². The van der Waals surface area contributed by atoms with Gasteiger partial charge in [0.1, 0.15) is 6.33 Å². The van der Waals surface area contributed by atoms with Gasteiger partial charge in [0.15, 0.2) is 5.82 Å². The maximum absolute atomic E-state index is 12.8. The molecule has 2 heterocycles. The number of halogens is 1.